The second kappa shape index (κ2) is 4.70. The maximum atomic E-state index is 4.00. The lowest BCUT2D eigenvalue weighted by Gasteiger charge is -2.10. The summed E-state index contributed by atoms with van der Waals surface area (Å²) in [6.45, 7) is 4.91. The van der Waals surface area contributed by atoms with E-state index < -0.39 is 0 Å². The van der Waals surface area contributed by atoms with E-state index in [0.717, 1.165) is 22.4 Å². The second-order valence-corrected chi connectivity index (χ2v) is 4.64. The van der Waals surface area contributed by atoms with Crippen LogP contribution in [0.3, 0.4) is 0 Å². The van der Waals surface area contributed by atoms with Gasteiger partial charge in [0.2, 0.25) is 0 Å². The van der Waals surface area contributed by atoms with Gasteiger partial charge in [0.25, 0.3) is 0 Å². The van der Waals surface area contributed by atoms with Crippen molar-refractivity contribution in [3.8, 4) is 0 Å². The van der Waals surface area contributed by atoms with Gasteiger partial charge in [-0.05, 0) is 31.5 Å². The first-order valence-electron chi connectivity index (χ1n) is 5.16. The van der Waals surface area contributed by atoms with Crippen LogP contribution in [0, 0.1) is 13.8 Å². The molecular formula is C12H14BrN3. The van der Waals surface area contributed by atoms with Crippen molar-refractivity contribution in [1.82, 2.24) is 10.2 Å². The minimum absolute atomic E-state index is 0.791. The van der Waals surface area contributed by atoms with Crippen LogP contribution in [0.25, 0.3) is 0 Å². The summed E-state index contributed by atoms with van der Waals surface area (Å²) < 4.78 is 1.13. The Bertz CT molecular complexity index is 491. The molecule has 3 nitrogen and oxygen atoms in total. The van der Waals surface area contributed by atoms with Crippen molar-refractivity contribution in [1.29, 1.82) is 0 Å². The molecule has 1 aromatic heterocycles. The third kappa shape index (κ3) is 2.27. The zero-order valence-corrected chi connectivity index (χ0v) is 10.9. The summed E-state index contributed by atoms with van der Waals surface area (Å²) in [5.74, 6) is 0. The van der Waals surface area contributed by atoms with Crippen molar-refractivity contribution in [2.45, 2.75) is 20.4 Å². The lowest BCUT2D eigenvalue weighted by Crippen LogP contribution is -2.01. The Morgan fingerprint density at radius 1 is 1.38 bits per heavy atom. The average molecular weight is 280 g/mol. The van der Waals surface area contributed by atoms with Crippen LogP contribution >= 0.6 is 15.9 Å². The highest BCUT2D eigenvalue weighted by atomic mass is 79.9. The number of hydrogen-bond acceptors (Lipinski definition) is 2. The van der Waals surface area contributed by atoms with Gasteiger partial charge in [0, 0.05) is 28.0 Å². The van der Waals surface area contributed by atoms with E-state index in [-0.39, 0.29) is 0 Å². The first-order valence-corrected chi connectivity index (χ1v) is 5.95. The largest absolute Gasteiger partial charge is 0.381 e. The molecule has 0 spiro atoms. The van der Waals surface area contributed by atoms with Crippen LogP contribution in [0.2, 0.25) is 0 Å². The first-order chi connectivity index (χ1) is 7.68. The van der Waals surface area contributed by atoms with Crippen LogP contribution in [0.5, 0.6) is 0 Å². The molecule has 16 heavy (non-hydrogen) atoms. The molecule has 2 aromatic rings. The number of aromatic amines is 1. The van der Waals surface area contributed by atoms with Gasteiger partial charge in [-0.3, -0.25) is 5.10 Å². The molecule has 4 heteroatoms. The van der Waals surface area contributed by atoms with E-state index in [2.05, 4.69) is 44.4 Å². The van der Waals surface area contributed by atoms with Crippen molar-refractivity contribution in [3.05, 3.63) is 45.7 Å². The fourth-order valence-electron chi connectivity index (χ4n) is 1.54. The molecule has 0 fully saturated rings. The van der Waals surface area contributed by atoms with E-state index in [1.54, 1.807) is 0 Å². The molecule has 2 rings (SSSR count). The zero-order chi connectivity index (χ0) is 11.5. The molecule has 0 aliphatic carbocycles. The van der Waals surface area contributed by atoms with Gasteiger partial charge in [0.15, 0.2) is 0 Å². The maximum Gasteiger partial charge on any atom is 0.0539 e. The fourth-order valence-corrected chi connectivity index (χ4v) is 1.91. The minimum Gasteiger partial charge on any atom is -0.381 e. The van der Waals surface area contributed by atoms with Crippen LogP contribution < -0.4 is 5.32 Å². The molecular weight excluding hydrogens is 266 g/mol. The highest BCUT2D eigenvalue weighted by Crippen LogP contribution is 2.23. The van der Waals surface area contributed by atoms with E-state index in [9.17, 15) is 0 Å². The molecule has 1 aromatic carbocycles. The van der Waals surface area contributed by atoms with Gasteiger partial charge < -0.3 is 5.32 Å². The Balaban J connectivity index is 2.11. The lowest BCUT2D eigenvalue weighted by molar-refractivity contribution is 1.04. The molecule has 0 atom stereocenters. The predicted octanol–water partition coefficient (Wildman–Crippen LogP) is 3.40. The summed E-state index contributed by atoms with van der Waals surface area (Å²) in [6.07, 6.45) is 1.86. The number of rotatable bonds is 3. The third-order valence-electron chi connectivity index (χ3n) is 2.67. The predicted molar refractivity (Wildman–Crippen MR) is 69.5 cm³/mol. The molecule has 0 saturated heterocycles. The van der Waals surface area contributed by atoms with Gasteiger partial charge in [-0.1, -0.05) is 22.0 Å². The molecule has 0 bridgehead atoms. The highest BCUT2D eigenvalue weighted by molar-refractivity contribution is 9.10. The summed E-state index contributed by atoms with van der Waals surface area (Å²) in [5.41, 5.74) is 4.68. The van der Waals surface area contributed by atoms with Gasteiger partial charge in [0.05, 0.1) is 6.20 Å². The van der Waals surface area contributed by atoms with Crippen LogP contribution in [-0.4, -0.2) is 10.2 Å². The van der Waals surface area contributed by atoms with E-state index in [1.165, 1.54) is 11.1 Å². The molecule has 0 amide bonds. The summed E-state index contributed by atoms with van der Waals surface area (Å²) in [6, 6.07) is 6.15. The molecule has 0 aliphatic heterocycles. The number of hydrogen-bond donors (Lipinski definition) is 2. The van der Waals surface area contributed by atoms with Crippen LogP contribution in [-0.2, 0) is 6.54 Å². The Hall–Kier alpha value is -1.29. The first kappa shape index (κ1) is 11.2. The molecule has 0 unspecified atom stereocenters. The normalized spacial score (nSPS) is 10.4. The highest BCUT2D eigenvalue weighted by Gasteiger charge is 2.03. The molecule has 0 radical (unpaired) electrons. The van der Waals surface area contributed by atoms with Crippen LogP contribution in [0.15, 0.2) is 28.9 Å². The Morgan fingerprint density at radius 3 is 2.88 bits per heavy atom. The summed E-state index contributed by atoms with van der Waals surface area (Å²) in [4.78, 5) is 0. The standard InChI is InChI=1S/C12H14BrN3/c1-8-11(13)4-3-5-12(8)14-6-10-7-15-16-9(10)2/h3-5,7,14H,6H2,1-2H3,(H,15,16). The zero-order valence-electron chi connectivity index (χ0n) is 9.34. The van der Waals surface area contributed by atoms with Gasteiger partial charge in [-0.25, -0.2) is 0 Å². The third-order valence-corrected chi connectivity index (χ3v) is 3.53. The molecule has 0 saturated carbocycles. The van der Waals surface area contributed by atoms with Gasteiger partial charge in [0.1, 0.15) is 0 Å². The molecule has 0 aliphatic rings. The van der Waals surface area contributed by atoms with Crippen molar-refractivity contribution in [2.24, 2.45) is 0 Å². The number of aryl methyl sites for hydroxylation is 1. The number of aromatic nitrogens is 2. The number of nitrogens with one attached hydrogen (secondary N) is 2. The van der Waals surface area contributed by atoms with Crippen LogP contribution in [0.1, 0.15) is 16.8 Å². The van der Waals surface area contributed by atoms with Crippen LogP contribution in [0.4, 0.5) is 5.69 Å². The van der Waals surface area contributed by atoms with E-state index in [4.69, 9.17) is 0 Å². The lowest BCUT2D eigenvalue weighted by atomic mass is 10.2. The van der Waals surface area contributed by atoms with Gasteiger partial charge >= 0.3 is 0 Å². The Labute approximate surface area is 103 Å². The van der Waals surface area contributed by atoms with Gasteiger partial charge in [-0.15, -0.1) is 0 Å². The number of H-pyrrole nitrogens is 1. The van der Waals surface area contributed by atoms with Gasteiger partial charge in [-0.2, -0.15) is 5.10 Å². The SMILES string of the molecule is Cc1[nH]ncc1CNc1cccc(Br)c1C. The maximum absolute atomic E-state index is 4.00. The quantitative estimate of drug-likeness (QED) is 0.904. The van der Waals surface area contributed by atoms with Crippen molar-refractivity contribution in [3.63, 3.8) is 0 Å². The summed E-state index contributed by atoms with van der Waals surface area (Å²) >= 11 is 3.52. The van der Waals surface area contributed by atoms with Crippen molar-refractivity contribution >= 4 is 21.6 Å². The molecule has 1 heterocycles. The Morgan fingerprint density at radius 2 is 2.19 bits per heavy atom. The number of nitrogens with zero attached hydrogens (tertiary/aromatic N) is 1. The minimum atomic E-state index is 0.791. The topological polar surface area (TPSA) is 40.7 Å². The number of halogens is 1. The summed E-state index contributed by atoms with van der Waals surface area (Å²) in [5, 5.41) is 10.3. The monoisotopic (exact) mass is 279 g/mol. The van der Waals surface area contributed by atoms with E-state index >= 15 is 0 Å². The van der Waals surface area contributed by atoms with E-state index in [1.807, 2.05) is 25.3 Å². The second-order valence-electron chi connectivity index (χ2n) is 3.79. The molecule has 2 N–H and O–H groups in total. The fraction of sp³-hybridized carbons (Fsp3) is 0.250. The van der Waals surface area contributed by atoms with Crippen molar-refractivity contribution < 1.29 is 0 Å². The number of benzene rings is 1. The van der Waals surface area contributed by atoms with E-state index in [0.29, 0.717) is 0 Å². The Kier molecular flexibility index (Phi) is 3.29. The average Bonchev–Trinajstić information content (AvgIpc) is 2.67. The van der Waals surface area contributed by atoms with Crippen molar-refractivity contribution in [2.75, 3.05) is 5.32 Å². The number of anilines is 1. The summed E-state index contributed by atoms with van der Waals surface area (Å²) in [7, 11) is 0. The smallest absolute Gasteiger partial charge is 0.0539 e. The molecule has 84 valence electrons.